The van der Waals surface area contributed by atoms with E-state index in [0.29, 0.717) is 11.1 Å². The number of carbonyl (C=O) groups is 3. The third-order valence-electron chi connectivity index (χ3n) is 3.51. The molecule has 1 N–H and O–H groups in total. The SMILES string of the molecule is CCC(C)NC(=O)CCN1C(=O)c2ccc(Br)cc2C1=O. The Morgan fingerprint density at radius 1 is 1.29 bits per heavy atom. The molecule has 1 aromatic carbocycles. The first-order valence-corrected chi connectivity index (χ1v) is 7.68. The van der Waals surface area contributed by atoms with Crippen LogP contribution in [0.25, 0.3) is 0 Å². The molecule has 0 bridgehead atoms. The van der Waals surface area contributed by atoms with Crippen LogP contribution in [0.5, 0.6) is 0 Å². The third kappa shape index (κ3) is 3.32. The molecule has 0 aliphatic carbocycles. The minimum absolute atomic E-state index is 0.0932. The maximum atomic E-state index is 12.2. The summed E-state index contributed by atoms with van der Waals surface area (Å²) >= 11 is 3.28. The third-order valence-corrected chi connectivity index (χ3v) is 4.01. The van der Waals surface area contributed by atoms with Crippen molar-refractivity contribution in [3.8, 4) is 0 Å². The number of nitrogens with one attached hydrogen (secondary N) is 1. The number of hydrogen-bond acceptors (Lipinski definition) is 3. The summed E-state index contributed by atoms with van der Waals surface area (Å²) in [6, 6.07) is 5.08. The van der Waals surface area contributed by atoms with Crippen LogP contribution in [0.1, 0.15) is 47.4 Å². The van der Waals surface area contributed by atoms with Crippen molar-refractivity contribution in [3.05, 3.63) is 33.8 Å². The molecule has 21 heavy (non-hydrogen) atoms. The largest absolute Gasteiger partial charge is 0.354 e. The molecule has 112 valence electrons. The maximum Gasteiger partial charge on any atom is 0.261 e. The average molecular weight is 353 g/mol. The van der Waals surface area contributed by atoms with E-state index < -0.39 is 0 Å². The number of fused-ring (bicyclic) bond motifs is 1. The lowest BCUT2D eigenvalue weighted by atomic mass is 10.1. The summed E-state index contributed by atoms with van der Waals surface area (Å²) in [5.41, 5.74) is 0.780. The summed E-state index contributed by atoms with van der Waals surface area (Å²) < 4.78 is 0.749. The van der Waals surface area contributed by atoms with Crippen LogP contribution in [0.2, 0.25) is 0 Å². The molecule has 1 heterocycles. The normalized spacial score (nSPS) is 15.1. The molecule has 0 radical (unpaired) electrons. The zero-order chi connectivity index (χ0) is 15.6. The molecule has 1 unspecified atom stereocenters. The molecular formula is C15H17BrN2O3. The van der Waals surface area contributed by atoms with Crippen molar-refractivity contribution >= 4 is 33.7 Å². The zero-order valence-electron chi connectivity index (χ0n) is 12.0. The number of rotatable bonds is 5. The Kier molecular flexibility index (Phi) is 4.77. The summed E-state index contributed by atoms with van der Waals surface area (Å²) in [7, 11) is 0. The highest BCUT2D eigenvalue weighted by molar-refractivity contribution is 9.10. The van der Waals surface area contributed by atoms with Crippen molar-refractivity contribution in [3.63, 3.8) is 0 Å². The van der Waals surface area contributed by atoms with Crippen molar-refractivity contribution < 1.29 is 14.4 Å². The number of halogens is 1. The van der Waals surface area contributed by atoms with Crippen LogP contribution in [0.15, 0.2) is 22.7 Å². The van der Waals surface area contributed by atoms with Gasteiger partial charge in [0.05, 0.1) is 11.1 Å². The van der Waals surface area contributed by atoms with Gasteiger partial charge in [-0.05, 0) is 31.5 Å². The highest BCUT2D eigenvalue weighted by Gasteiger charge is 2.35. The van der Waals surface area contributed by atoms with E-state index in [4.69, 9.17) is 0 Å². The molecule has 6 heteroatoms. The van der Waals surface area contributed by atoms with Gasteiger partial charge in [-0.25, -0.2) is 0 Å². The Morgan fingerprint density at radius 3 is 2.62 bits per heavy atom. The fourth-order valence-corrected chi connectivity index (χ4v) is 2.49. The number of amides is 3. The number of nitrogens with zero attached hydrogens (tertiary/aromatic N) is 1. The maximum absolute atomic E-state index is 12.2. The molecule has 1 aromatic rings. The molecule has 0 aromatic heterocycles. The van der Waals surface area contributed by atoms with Crippen LogP contribution < -0.4 is 5.32 Å². The van der Waals surface area contributed by atoms with Crippen molar-refractivity contribution in [1.29, 1.82) is 0 Å². The van der Waals surface area contributed by atoms with Gasteiger partial charge < -0.3 is 5.32 Å². The molecule has 2 rings (SSSR count). The van der Waals surface area contributed by atoms with Gasteiger partial charge in [0.25, 0.3) is 11.8 Å². The van der Waals surface area contributed by atoms with Crippen LogP contribution in [-0.2, 0) is 4.79 Å². The van der Waals surface area contributed by atoms with Gasteiger partial charge in [-0.3, -0.25) is 19.3 Å². The Labute approximate surface area is 131 Å². The Bertz CT molecular complexity index is 601. The summed E-state index contributed by atoms with van der Waals surface area (Å²) in [4.78, 5) is 37.2. The van der Waals surface area contributed by atoms with Gasteiger partial charge in [0.2, 0.25) is 5.91 Å². The summed E-state index contributed by atoms with van der Waals surface area (Å²) in [5.74, 6) is -0.825. The second-order valence-electron chi connectivity index (χ2n) is 5.08. The summed E-state index contributed by atoms with van der Waals surface area (Å²) in [6.45, 7) is 4.00. The average Bonchev–Trinajstić information content (AvgIpc) is 2.68. The zero-order valence-corrected chi connectivity index (χ0v) is 13.6. The monoisotopic (exact) mass is 352 g/mol. The van der Waals surface area contributed by atoms with Gasteiger partial charge in [0, 0.05) is 23.5 Å². The minimum atomic E-state index is -0.340. The lowest BCUT2D eigenvalue weighted by Crippen LogP contribution is -2.37. The van der Waals surface area contributed by atoms with E-state index in [9.17, 15) is 14.4 Å². The van der Waals surface area contributed by atoms with Crippen molar-refractivity contribution in [2.24, 2.45) is 0 Å². The lowest BCUT2D eigenvalue weighted by molar-refractivity contribution is -0.121. The van der Waals surface area contributed by atoms with Crippen molar-refractivity contribution in [2.45, 2.75) is 32.7 Å². The predicted molar refractivity (Wildman–Crippen MR) is 82.0 cm³/mol. The van der Waals surface area contributed by atoms with Crippen LogP contribution in [0.4, 0.5) is 0 Å². The fraction of sp³-hybridized carbons (Fsp3) is 0.400. The van der Waals surface area contributed by atoms with Gasteiger partial charge in [-0.15, -0.1) is 0 Å². The van der Waals surface area contributed by atoms with E-state index >= 15 is 0 Å². The highest BCUT2D eigenvalue weighted by Crippen LogP contribution is 2.26. The van der Waals surface area contributed by atoms with Crippen LogP contribution in [0.3, 0.4) is 0 Å². The summed E-state index contributed by atoms with van der Waals surface area (Å²) in [6.07, 6.45) is 0.962. The van der Waals surface area contributed by atoms with Gasteiger partial charge in [-0.1, -0.05) is 22.9 Å². The quantitative estimate of drug-likeness (QED) is 0.827. The second kappa shape index (κ2) is 6.39. The Hall–Kier alpha value is -1.69. The first-order valence-electron chi connectivity index (χ1n) is 6.89. The Balaban J connectivity index is 2.02. The molecule has 0 spiro atoms. The van der Waals surface area contributed by atoms with Gasteiger partial charge in [0.15, 0.2) is 0 Å². The van der Waals surface area contributed by atoms with E-state index in [0.717, 1.165) is 15.8 Å². The van der Waals surface area contributed by atoms with E-state index in [1.807, 2.05) is 13.8 Å². The molecule has 1 aliphatic rings. The van der Waals surface area contributed by atoms with Crippen LogP contribution >= 0.6 is 15.9 Å². The van der Waals surface area contributed by atoms with Crippen LogP contribution in [-0.4, -0.2) is 35.2 Å². The van der Waals surface area contributed by atoms with Crippen molar-refractivity contribution in [2.75, 3.05) is 6.54 Å². The van der Waals surface area contributed by atoms with Crippen LogP contribution in [0, 0.1) is 0 Å². The number of hydrogen-bond donors (Lipinski definition) is 1. The predicted octanol–water partition coefficient (Wildman–Crippen LogP) is 2.35. The van der Waals surface area contributed by atoms with Crippen molar-refractivity contribution in [1.82, 2.24) is 10.2 Å². The van der Waals surface area contributed by atoms with E-state index in [1.54, 1.807) is 18.2 Å². The number of benzene rings is 1. The standard InChI is InChI=1S/C15H17BrN2O3/c1-3-9(2)17-13(19)6-7-18-14(20)11-5-4-10(16)8-12(11)15(18)21/h4-5,8-9H,3,6-7H2,1-2H3,(H,17,19). The minimum Gasteiger partial charge on any atom is -0.354 e. The number of imide groups is 1. The Morgan fingerprint density at radius 2 is 1.95 bits per heavy atom. The first-order chi connectivity index (χ1) is 9.93. The fourth-order valence-electron chi connectivity index (χ4n) is 2.13. The smallest absolute Gasteiger partial charge is 0.261 e. The molecule has 1 atom stereocenters. The molecular weight excluding hydrogens is 336 g/mol. The molecule has 0 saturated heterocycles. The van der Waals surface area contributed by atoms with E-state index in [1.165, 1.54) is 0 Å². The molecule has 1 aliphatic heterocycles. The van der Waals surface area contributed by atoms with Gasteiger partial charge in [0.1, 0.15) is 0 Å². The van der Waals surface area contributed by atoms with E-state index in [-0.39, 0.29) is 36.7 Å². The lowest BCUT2D eigenvalue weighted by Gasteiger charge is -2.15. The topological polar surface area (TPSA) is 66.5 Å². The molecule has 3 amide bonds. The van der Waals surface area contributed by atoms with Gasteiger partial charge >= 0.3 is 0 Å². The molecule has 0 saturated carbocycles. The van der Waals surface area contributed by atoms with E-state index in [2.05, 4.69) is 21.2 Å². The first kappa shape index (κ1) is 15.7. The van der Waals surface area contributed by atoms with Gasteiger partial charge in [-0.2, -0.15) is 0 Å². The number of carbonyl (C=O) groups excluding carboxylic acids is 3. The molecule has 0 fully saturated rings. The second-order valence-corrected chi connectivity index (χ2v) is 5.99. The highest BCUT2D eigenvalue weighted by atomic mass is 79.9. The summed E-state index contributed by atoms with van der Waals surface area (Å²) in [5, 5.41) is 2.82. The molecule has 5 nitrogen and oxygen atoms in total.